The molecule has 19 rings (SSSR count). The summed E-state index contributed by atoms with van der Waals surface area (Å²) in [5, 5.41) is 54.0. The van der Waals surface area contributed by atoms with Crippen molar-refractivity contribution in [3.63, 3.8) is 0 Å². The number of Topliss-reactive ketones (excluding diaryl/α,β-unsaturated/α-hetero) is 2. The van der Waals surface area contributed by atoms with Crippen molar-refractivity contribution in [2.45, 2.75) is 368 Å². The second kappa shape index (κ2) is 51.4. The summed E-state index contributed by atoms with van der Waals surface area (Å²) >= 11 is 22.9. The number of rotatable bonds is 6. The molecule has 5 N–H and O–H groups in total. The number of ketones is 2. The Labute approximate surface area is 913 Å². The molecular formula is C110H174BrI12O7P. The summed E-state index contributed by atoms with van der Waals surface area (Å²) < 4.78 is 0. The molecule has 131 heavy (non-hydrogen) atoms. The summed E-state index contributed by atoms with van der Waals surface area (Å²) in [7, 11) is 0. The first-order chi connectivity index (χ1) is 61.6. The predicted molar refractivity (Wildman–Crippen MR) is 674 cm³/mol. The number of hydrogen-bond donors (Lipinski definition) is 5. The number of hydrogen-bond acceptors (Lipinski definition) is 7. The van der Waals surface area contributed by atoms with Crippen LogP contribution >= 0.6 is 217 Å². The van der Waals surface area contributed by atoms with Crippen molar-refractivity contribution in [3.05, 3.63) is 103 Å². The van der Waals surface area contributed by atoms with Crippen LogP contribution in [-0.4, -0.2) is 91.5 Å². The number of benzene rings is 3. The Balaban J connectivity index is 0.000000152. The molecule has 0 bridgehead atoms. The van der Waals surface area contributed by atoms with Gasteiger partial charge in [-0.1, -0.05) is 90.7 Å². The van der Waals surface area contributed by atoms with E-state index in [9.17, 15) is 35.1 Å². The number of alkyl halides is 4. The smallest absolute Gasteiger partial charge is 0.139 e. The minimum atomic E-state index is -2.59. The molecule has 21 heteroatoms. The Bertz CT molecular complexity index is 3950. The Morgan fingerprint density at radius 3 is 1.02 bits per heavy atom. The van der Waals surface area contributed by atoms with E-state index in [1.54, 1.807) is 5.57 Å². The number of carbonyl (C=O) groups is 2. The summed E-state index contributed by atoms with van der Waals surface area (Å²) in [5.74, 6) is 18.7. The fraction of sp³-hybridized carbons (Fsp3) is 0.800. The van der Waals surface area contributed by atoms with Gasteiger partial charge in [-0.15, -0.1) is 0 Å². The van der Waals surface area contributed by atoms with Gasteiger partial charge in [0.25, 0.3) is 0 Å². The van der Waals surface area contributed by atoms with Crippen LogP contribution in [0.5, 0.6) is 0 Å². The SMILES string of the molecule is C/C=C1/CC[C@H]2[C@@H]3CCC[C@H]4C[C@](C)(O)CC[C@@H]4[C@H]3CC[C@]12C.CC(=O)[C@H]1CC[C@H]2[C@@H]3CCC[C@H]4C[C@](C)(O)CC[C@@H]4[C@H]3CC[C@]12C.CC(O)[C@H]1CC[C@H]2[C@@H]3CCC[C@H]4C[C@](C)(O)CC[C@@H]4[C@H]3CC[C@]12C.CCP(Br)(c1ccccc1)(c1ccccc1)c1ccccc1.CI(I)I.CI(I)I.CI(I)I.CI(I)I.C[C@@]1(O)CC[C@H]2[C@@H](CCC[C@@H]3[C@@H]2CC[C@]2(C)C(=O)CC[C@@H]32)C1. The van der Waals surface area contributed by atoms with E-state index < -0.39 is 22.1 Å². The number of allylic oxidation sites excluding steroid dienone is 2. The van der Waals surface area contributed by atoms with Crippen LogP contribution in [0.25, 0.3) is 0 Å². The molecule has 16 aliphatic rings. The first kappa shape index (κ1) is 117. The Morgan fingerprint density at radius 2 is 0.687 bits per heavy atom. The van der Waals surface area contributed by atoms with Crippen LogP contribution in [0.2, 0.25) is 0 Å². The second-order valence-electron chi connectivity index (χ2n) is 47.0. The molecule has 0 radical (unpaired) electrons. The third kappa shape index (κ3) is 28.7. The van der Waals surface area contributed by atoms with Crippen LogP contribution < -0.4 is 15.9 Å². The number of aliphatic hydroxyl groups excluding tert-OH is 1. The first-order valence-corrected chi connectivity index (χ1v) is 115. The molecule has 7 nitrogen and oxygen atoms in total. The van der Waals surface area contributed by atoms with E-state index >= 15 is 0 Å². The third-order valence-electron chi connectivity index (χ3n) is 39.4. The summed E-state index contributed by atoms with van der Waals surface area (Å²) in [5.41, 5.74) is 1.35. The fourth-order valence-electron chi connectivity index (χ4n) is 34.0. The molecule has 0 spiro atoms. The molecule has 0 aromatic heterocycles. The van der Waals surface area contributed by atoms with Crippen molar-refractivity contribution in [2.24, 2.45) is 152 Å². The predicted octanol–water partition coefficient (Wildman–Crippen LogP) is 36.0. The molecule has 1 unspecified atom stereocenters. The molecule has 0 heterocycles. The largest absolute Gasteiger partial charge is 0.390 e. The van der Waals surface area contributed by atoms with E-state index in [1.807, 2.05) is 20.8 Å². The monoisotopic (exact) mass is 3240 g/mol. The Morgan fingerprint density at radius 1 is 0.397 bits per heavy atom. The maximum Gasteiger partial charge on any atom is 0.139 e. The van der Waals surface area contributed by atoms with E-state index in [2.05, 4.69) is 344 Å². The average molecular weight is 3240 g/mol. The molecule has 16 fully saturated rings. The van der Waals surface area contributed by atoms with Gasteiger partial charge in [-0.2, -0.15) is 0 Å². The van der Waals surface area contributed by atoms with Gasteiger partial charge >= 0.3 is 357 Å². The van der Waals surface area contributed by atoms with E-state index in [-0.39, 0.29) is 70.0 Å². The van der Waals surface area contributed by atoms with Crippen molar-refractivity contribution in [1.82, 2.24) is 0 Å². The normalized spacial score (nSPS) is 42.7. The van der Waals surface area contributed by atoms with E-state index in [0.717, 1.165) is 196 Å². The maximum absolute atomic E-state index is 12.4. The van der Waals surface area contributed by atoms with Crippen LogP contribution in [0.1, 0.15) is 340 Å². The van der Waals surface area contributed by atoms with Gasteiger partial charge in [0.1, 0.15) is 11.6 Å². The molecule has 0 aliphatic heterocycles. The molecule has 3 aromatic rings. The van der Waals surface area contributed by atoms with Crippen LogP contribution in [-0.2, 0) is 9.59 Å². The molecule has 3 aromatic carbocycles. The molecular weight excluding hydrogens is 3070 g/mol. The van der Waals surface area contributed by atoms with Crippen molar-refractivity contribution in [2.75, 3.05) is 25.9 Å². The quantitative estimate of drug-likeness (QED) is 0.0718. The van der Waals surface area contributed by atoms with Gasteiger partial charge in [-0.05, 0) is 388 Å². The van der Waals surface area contributed by atoms with Crippen molar-refractivity contribution in [3.8, 4) is 0 Å². The first-order valence-electron chi connectivity index (χ1n) is 51.5. The molecule has 752 valence electrons. The van der Waals surface area contributed by atoms with Crippen LogP contribution in [0.3, 0.4) is 0 Å². The zero-order valence-corrected chi connectivity index (χ0v) is 111. The maximum atomic E-state index is 12.4. The Kier molecular flexibility index (Phi) is 46.0. The zero-order chi connectivity index (χ0) is 95.8. The minimum absolute atomic E-state index is 0.0150. The number of aliphatic hydroxyl groups is 5. The topological polar surface area (TPSA) is 135 Å². The van der Waals surface area contributed by atoms with Gasteiger partial charge in [0.2, 0.25) is 0 Å². The summed E-state index contributed by atoms with van der Waals surface area (Å²) in [6, 6.07) is 32.7. The molecule has 16 saturated carbocycles. The van der Waals surface area contributed by atoms with Crippen molar-refractivity contribution < 1.29 is 35.1 Å². The van der Waals surface area contributed by atoms with E-state index in [4.69, 9.17) is 0 Å². The van der Waals surface area contributed by atoms with Crippen molar-refractivity contribution >= 4 is 245 Å². The van der Waals surface area contributed by atoms with Gasteiger partial charge in [0, 0.05) is 17.8 Å². The number of halogens is 13. The van der Waals surface area contributed by atoms with Crippen LogP contribution in [0.15, 0.2) is 103 Å². The third-order valence-corrected chi connectivity index (χ3v) is 49.9. The number of carbonyl (C=O) groups excluding carboxylic acids is 2. The van der Waals surface area contributed by atoms with Crippen LogP contribution in [0, 0.1) is 152 Å². The van der Waals surface area contributed by atoms with Gasteiger partial charge in [-0.25, -0.2) is 0 Å². The standard InChI is InChI=1S/C22H38O2.C22H36O2.C22H36O.C20H20BrP.C20H32O2.4CH3I3/c2*1-14(23)19-7-8-20-18-6-4-5-15-13-21(2,24)11-9-16(15)17(18)10-12-22(19,20)3;1-4-16-8-9-20-19-7-5-6-15-14-21(2,23)12-10-17(15)18(19)11-13-22(16,20)3;1-2-22(21,18-12-6-3-7-13-18,19-14-8-4-9-15-19)20-16-10-5-11-17-20;1-19(22)10-8-14-13(12-19)4-3-5-16-15(14)9-11-20(2)17(16)6-7-18(20)21;4*1-4(2)3/h14-20,23-24H,4-13H2,1-3H3;15-20,24H,4-13H2,1-3H3;4,15,17-20,23H,5-14H2,1-3H3;3-17H,2H2,1H3;13-17,22H,3-12H2,1-2H3;4*1H3/b;;16-4-;;;;;;/t14?,15-,16-,17+,18+,19+,20-,21+,22+;15-,16-,17+,18+,19+,20-,21+,22+;15-,17-,18+,19+,20-,21+,22+;;13-,14-,15+,16+,17-,19+,20-;;;;/m000.0..../s1. The molecule has 31 atom stereocenters. The zero-order valence-electron chi connectivity index (χ0n) is 82.9. The van der Waals surface area contributed by atoms with E-state index in [0.29, 0.717) is 40.2 Å². The average Bonchev–Trinajstić information content (AvgIpc) is 1.70. The molecule has 16 aliphatic carbocycles. The van der Waals surface area contributed by atoms with Gasteiger partial charge in [0.15, 0.2) is 0 Å². The Hall–Kier alpha value is 6.21. The van der Waals surface area contributed by atoms with Crippen LogP contribution in [0.4, 0.5) is 0 Å². The summed E-state index contributed by atoms with van der Waals surface area (Å²) in [6.07, 6.45) is 53.4. The van der Waals surface area contributed by atoms with Gasteiger partial charge in [-0.3, -0.25) is 9.59 Å². The molecule has 0 amide bonds. The second-order valence-corrected chi connectivity index (χ2v) is 171. The summed E-state index contributed by atoms with van der Waals surface area (Å²) in [4.78, 5) is 33.8. The molecule has 0 saturated heterocycles. The van der Waals surface area contributed by atoms with Crippen molar-refractivity contribution in [1.29, 1.82) is 0 Å². The van der Waals surface area contributed by atoms with Gasteiger partial charge < -0.3 is 25.5 Å². The summed E-state index contributed by atoms with van der Waals surface area (Å²) in [6.45, 7) is 26.5. The van der Waals surface area contributed by atoms with E-state index in [1.165, 1.54) is 196 Å². The fourth-order valence-corrected chi connectivity index (χ4v) is 40.5. The van der Waals surface area contributed by atoms with Gasteiger partial charge in [0.05, 0.1) is 28.5 Å². The number of fused-ring (bicyclic) bond motifs is 20. The minimum Gasteiger partial charge on any atom is -0.390 e.